The van der Waals surface area contributed by atoms with Gasteiger partial charge in [-0.3, -0.25) is 0 Å². The highest BCUT2D eigenvalue weighted by molar-refractivity contribution is 5.03. The maximum atomic E-state index is 8.49. The predicted octanol–water partition coefficient (Wildman–Crippen LogP) is 2.51. The van der Waals surface area contributed by atoms with Gasteiger partial charge in [0.15, 0.2) is 0 Å². The molecular weight excluding hydrogens is 148 g/mol. The van der Waals surface area contributed by atoms with Crippen molar-refractivity contribution in [1.82, 2.24) is 0 Å². The van der Waals surface area contributed by atoms with Crippen LogP contribution in [0.15, 0.2) is 12.2 Å². The molecule has 0 amide bonds. The van der Waals surface area contributed by atoms with Gasteiger partial charge >= 0.3 is 0 Å². The fourth-order valence-corrected chi connectivity index (χ4v) is 0.839. The Labute approximate surface area is 75.5 Å². The third-order valence-electron chi connectivity index (χ3n) is 1.54. The highest BCUT2D eigenvalue weighted by atomic mass is 16.2. The van der Waals surface area contributed by atoms with Gasteiger partial charge in [0.05, 0.1) is 0 Å². The molecule has 0 aromatic carbocycles. The van der Waals surface area contributed by atoms with Crippen LogP contribution in [0.2, 0.25) is 0 Å². The van der Waals surface area contributed by atoms with Gasteiger partial charge in [0, 0.05) is 19.4 Å². The number of rotatable bonds is 5. The summed E-state index contributed by atoms with van der Waals surface area (Å²) in [6.45, 7) is 2.31. The second kappa shape index (κ2) is 10.3. The molecule has 0 spiro atoms. The van der Waals surface area contributed by atoms with Gasteiger partial charge in [-0.05, 0) is 19.8 Å². The molecule has 0 fully saturated rings. The summed E-state index contributed by atoms with van der Waals surface area (Å²) in [5.74, 6) is 6.16. The molecule has 0 aliphatic rings. The van der Waals surface area contributed by atoms with Crippen molar-refractivity contribution in [2.24, 2.45) is 0 Å². The summed E-state index contributed by atoms with van der Waals surface area (Å²) in [6.07, 6.45) is 9.03. The van der Waals surface area contributed by atoms with E-state index in [0.717, 1.165) is 32.1 Å². The molecular formula is C11H18O. The van der Waals surface area contributed by atoms with Crippen LogP contribution in [0.4, 0.5) is 0 Å². The standard InChI is InChI=1S/C11H18O/c1-2-3-4-5-6-7-8-9-10-11-12/h2-3,12H,4,7-11H2,1H3/b3-2+. The average Bonchev–Trinajstić information content (AvgIpc) is 2.10. The van der Waals surface area contributed by atoms with Gasteiger partial charge in [0.1, 0.15) is 0 Å². The Hall–Kier alpha value is -0.740. The lowest BCUT2D eigenvalue weighted by Gasteiger charge is -1.91. The molecule has 0 saturated heterocycles. The van der Waals surface area contributed by atoms with Crippen LogP contribution < -0.4 is 0 Å². The van der Waals surface area contributed by atoms with Crippen molar-refractivity contribution >= 4 is 0 Å². The predicted molar refractivity (Wildman–Crippen MR) is 52.8 cm³/mol. The van der Waals surface area contributed by atoms with Crippen molar-refractivity contribution in [2.75, 3.05) is 6.61 Å². The van der Waals surface area contributed by atoms with Crippen molar-refractivity contribution in [3.8, 4) is 11.8 Å². The van der Waals surface area contributed by atoms with E-state index in [9.17, 15) is 0 Å². The zero-order valence-corrected chi connectivity index (χ0v) is 7.84. The van der Waals surface area contributed by atoms with E-state index in [2.05, 4.69) is 17.9 Å². The molecule has 68 valence electrons. The van der Waals surface area contributed by atoms with Gasteiger partial charge in [-0.2, -0.15) is 0 Å². The van der Waals surface area contributed by atoms with Crippen LogP contribution in [0.25, 0.3) is 0 Å². The Morgan fingerprint density at radius 2 is 2.00 bits per heavy atom. The minimum absolute atomic E-state index is 0.312. The average molecular weight is 166 g/mol. The molecule has 0 rings (SSSR count). The maximum absolute atomic E-state index is 8.49. The fourth-order valence-electron chi connectivity index (χ4n) is 0.839. The van der Waals surface area contributed by atoms with Crippen LogP contribution in [0.3, 0.4) is 0 Å². The Bertz CT molecular complexity index is 160. The third-order valence-corrected chi connectivity index (χ3v) is 1.54. The SMILES string of the molecule is C/C=C/CC#CCCCCCO. The topological polar surface area (TPSA) is 20.2 Å². The number of hydrogen-bond acceptors (Lipinski definition) is 1. The maximum Gasteiger partial charge on any atom is 0.0431 e. The molecule has 1 heteroatoms. The van der Waals surface area contributed by atoms with E-state index in [1.807, 2.05) is 13.0 Å². The van der Waals surface area contributed by atoms with E-state index in [0.29, 0.717) is 6.61 Å². The van der Waals surface area contributed by atoms with E-state index in [4.69, 9.17) is 5.11 Å². The molecule has 0 bridgehead atoms. The van der Waals surface area contributed by atoms with Crippen molar-refractivity contribution in [3.63, 3.8) is 0 Å². The first-order chi connectivity index (χ1) is 5.91. The van der Waals surface area contributed by atoms with Crippen molar-refractivity contribution in [3.05, 3.63) is 12.2 Å². The molecule has 0 aliphatic carbocycles. The largest absolute Gasteiger partial charge is 0.396 e. The highest BCUT2D eigenvalue weighted by Gasteiger charge is 1.83. The van der Waals surface area contributed by atoms with Crippen LogP contribution in [0.5, 0.6) is 0 Å². The van der Waals surface area contributed by atoms with Gasteiger partial charge < -0.3 is 5.11 Å². The summed E-state index contributed by atoms with van der Waals surface area (Å²) in [7, 11) is 0. The number of aliphatic hydroxyl groups is 1. The van der Waals surface area contributed by atoms with Gasteiger partial charge in [0.25, 0.3) is 0 Å². The number of allylic oxidation sites excluding steroid dienone is 2. The van der Waals surface area contributed by atoms with Crippen LogP contribution in [0, 0.1) is 11.8 Å². The van der Waals surface area contributed by atoms with Gasteiger partial charge in [0.2, 0.25) is 0 Å². The van der Waals surface area contributed by atoms with E-state index in [1.165, 1.54) is 0 Å². The van der Waals surface area contributed by atoms with Gasteiger partial charge in [-0.25, -0.2) is 0 Å². The zero-order chi connectivity index (χ0) is 9.07. The molecule has 0 aromatic rings. The van der Waals surface area contributed by atoms with Crippen LogP contribution in [0.1, 0.15) is 39.0 Å². The van der Waals surface area contributed by atoms with E-state index < -0.39 is 0 Å². The van der Waals surface area contributed by atoms with Gasteiger partial charge in [-0.15, -0.1) is 5.92 Å². The second-order valence-electron chi connectivity index (χ2n) is 2.66. The smallest absolute Gasteiger partial charge is 0.0431 e. The summed E-state index contributed by atoms with van der Waals surface area (Å²) in [4.78, 5) is 0. The van der Waals surface area contributed by atoms with Crippen LogP contribution >= 0.6 is 0 Å². The molecule has 0 heterocycles. The van der Waals surface area contributed by atoms with E-state index >= 15 is 0 Å². The summed E-state index contributed by atoms with van der Waals surface area (Å²) >= 11 is 0. The molecule has 1 N–H and O–H groups in total. The lowest BCUT2D eigenvalue weighted by Crippen LogP contribution is -1.81. The molecule has 1 nitrogen and oxygen atoms in total. The van der Waals surface area contributed by atoms with Crippen molar-refractivity contribution in [1.29, 1.82) is 0 Å². The second-order valence-corrected chi connectivity index (χ2v) is 2.66. The molecule has 0 aliphatic heterocycles. The Morgan fingerprint density at radius 1 is 1.17 bits per heavy atom. The summed E-state index contributed by atoms with van der Waals surface area (Å²) < 4.78 is 0. The summed E-state index contributed by atoms with van der Waals surface area (Å²) in [5, 5.41) is 8.49. The monoisotopic (exact) mass is 166 g/mol. The molecule has 0 radical (unpaired) electrons. The minimum atomic E-state index is 0.312. The van der Waals surface area contributed by atoms with Gasteiger partial charge in [-0.1, -0.05) is 24.5 Å². The lowest BCUT2D eigenvalue weighted by atomic mass is 10.2. The summed E-state index contributed by atoms with van der Waals surface area (Å²) in [6, 6.07) is 0. The molecule has 0 aromatic heterocycles. The van der Waals surface area contributed by atoms with Crippen molar-refractivity contribution in [2.45, 2.75) is 39.0 Å². The lowest BCUT2D eigenvalue weighted by molar-refractivity contribution is 0.283. The third kappa shape index (κ3) is 9.26. The summed E-state index contributed by atoms with van der Waals surface area (Å²) in [5.41, 5.74) is 0. The molecule has 12 heavy (non-hydrogen) atoms. The Morgan fingerprint density at radius 3 is 2.67 bits per heavy atom. The zero-order valence-electron chi connectivity index (χ0n) is 7.84. The molecule has 0 atom stereocenters. The molecule has 0 unspecified atom stereocenters. The minimum Gasteiger partial charge on any atom is -0.396 e. The Kier molecular flexibility index (Phi) is 9.63. The van der Waals surface area contributed by atoms with Crippen molar-refractivity contribution < 1.29 is 5.11 Å². The molecule has 0 saturated carbocycles. The normalized spacial score (nSPS) is 9.83. The number of hydrogen-bond donors (Lipinski definition) is 1. The van der Waals surface area contributed by atoms with E-state index in [1.54, 1.807) is 0 Å². The quantitative estimate of drug-likeness (QED) is 0.378. The van der Waals surface area contributed by atoms with Crippen LogP contribution in [-0.4, -0.2) is 11.7 Å². The number of unbranched alkanes of at least 4 members (excludes halogenated alkanes) is 3. The fraction of sp³-hybridized carbons (Fsp3) is 0.636. The van der Waals surface area contributed by atoms with Crippen LogP contribution in [-0.2, 0) is 0 Å². The highest BCUT2D eigenvalue weighted by Crippen LogP contribution is 1.97. The first-order valence-corrected chi connectivity index (χ1v) is 4.59. The van der Waals surface area contributed by atoms with E-state index in [-0.39, 0.29) is 0 Å². The Balaban J connectivity index is 3.10. The first kappa shape index (κ1) is 11.3. The number of aliphatic hydroxyl groups excluding tert-OH is 1. The first-order valence-electron chi connectivity index (χ1n) is 4.59.